The first kappa shape index (κ1) is 9.96. The van der Waals surface area contributed by atoms with Crippen molar-refractivity contribution < 1.29 is 9.90 Å². The number of aromatic nitrogens is 1. The van der Waals surface area contributed by atoms with E-state index in [9.17, 15) is 9.59 Å². The molecule has 1 fully saturated rings. The maximum atomic E-state index is 11.5. The number of pyridine rings is 1. The zero-order chi connectivity index (χ0) is 11.0. The minimum atomic E-state index is -0.990. The first-order valence-corrected chi connectivity index (χ1v) is 5.05. The molecule has 0 spiro atoms. The lowest BCUT2D eigenvalue weighted by Crippen LogP contribution is -2.34. The second kappa shape index (κ2) is 3.53. The molecule has 1 N–H and O–H groups in total. The lowest BCUT2D eigenvalue weighted by Gasteiger charge is -2.35. The molecule has 4 nitrogen and oxygen atoms in total. The summed E-state index contributed by atoms with van der Waals surface area (Å²) in [5, 5.41) is 8.82. The van der Waals surface area contributed by atoms with E-state index in [2.05, 4.69) is 6.92 Å². The van der Waals surface area contributed by atoms with Gasteiger partial charge in [0.15, 0.2) is 0 Å². The van der Waals surface area contributed by atoms with Crippen LogP contribution in [-0.4, -0.2) is 15.6 Å². The number of rotatable bonds is 2. The quantitative estimate of drug-likeness (QED) is 0.799. The van der Waals surface area contributed by atoms with E-state index < -0.39 is 5.97 Å². The van der Waals surface area contributed by atoms with E-state index in [1.165, 1.54) is 18.3 Å². The van der Waals surface area contributed by atoms with Crippen molar-refractivity contribution >= 4 is 5.97 Å². The maximum Gasteiger partial charge on any atom is 0.337 e. The van der Waals surface area contributed by atoms with Gasteiger partial charge in [-0.25, -0.2) is 4.79 Å². The van der Waals surface area contributed by atoms with Gasteiger partial charge in [-0.05, 0) is 24.8 Å². The van der Waals surface area contributed by atoms with E-state index in [0.29, 0.717) is 5.92 Å². The smallest absolute Gasteiger partial charge is 0.337 e. The molecular formula is C11H13NO3. The molecule has 2 rings (SSSR count). The molecule has 1 aliphatic rings. The average Bonchev–Trinajstić information content (AvgIpc) is 2.18. The lowest BCUT2D eigenvalue weighted by atomic mass is 9.81. The third kappa shape index (κ3) is 1.67. The summed E-state index contributed by atoms with van der Waals surface area (Å²) in [6, 6.07) is 2.86. The Kier molecular flexibility index (Phi) is 2.34. The molecule has 2 unspecified atom stereocenters. The van der Waals surface area contributed by atoms with Crippen molar-refractivity contribution in [3.8, 4) is 0 Å². The van der Waals surface area contributed by atoms with Crippen molar-refractivity contribution in [1.82, 2.24) is 4.57 Å². The van der Waals surface area contributed by atoms with Crippen LogP contribution in [0.2, 0.25) is 0 Å². The Hall–Kier alpha value is -1.58. The van der Waals surface area contributed by atoms with E-state index in [1.807, 2.05) is 0 Å². The van der Waals surface area contributed by atoms with E-state index in [0.717, 1.165) is 12.8 Å². The van der Waals surface area contributed by atoms with Gasteiger partial charge in [-0.15, -0.1) is 0 Å². The van der Waals surface area contributed by atoms with Crippen LogP contribution in [0.25, 0.3) is 0 Å². The summed E-state index contributed by atoms with van der Waals surface area (Å²) < 4.78 is 1.55. The van der Waals surface area contributed by atoms with Crippen LogP contribution in [0.5, 0.6) is 0 Å². The molecule has 0 aromatic carbocycles. The second-order valence-corrected chi connectivity index (χ2v) is 4.09. The molecule has 1 heterocycles. The summed E-state index contributed by atoms with van der Waals surface area (Å²) in [5.74, 6) is -0.525. The third-order valence-corrected chi connectivity index (χ3v) is 3.12. The number of carbonyl (C=O) groups is 1. The summed E-state index contributed by atoms with van der Waals surface area (Å²) in [7, 11) is 0. The van der Waals surface area contributed by atoms with Crippen molar-refractivity contribution in [2.75, 3.05) is 0 Å². The molecule has 0 aliphatic heterocycles. The van der Waals surface area contributed by atoms with Crippen LogP contribution in [-0.2, 0) is 0 Å². The van der Waals surface area contributed by atoms with Gasteiger partial charge >= 0.3 is 5.97 Å². The molecule has 1 aromatic heterocycles. The molecule has 1 aromatic rings. The van der Waals surface area contributed by atoms with Crippen LogP contribution in [0, 0.1) is 5.92 Å². The van der Waals surface area contributed by atoms with Gasteiger partial charge in [0.1, 0.15) is 0 Å². The van der Waals surface area contributed by atoms with Crippen molar-refractivity contribution in [3.05, 3.63) is 34.2 Å². The lowest BCUT2D eigenvalue weighted by molar-refractivity contribution is 0.0694. The van der Waals surface area contributed by atoms with Crippen LogP contribution >= 0.6 is 0 Å². The van der Waals surface area contributed by atoms with Crippen LogP contribution in [0.1, 0.15) is 36.2 Å². The maximum absolute atomic E-state index is 11.5. The Morgan fingerprint density at radius 3 is 2.67 bits per heavy atom. The van der Waals surface area contributed by atoms with E-state index in [4.69, 9.17) is 5.11 Å². The van der Waals surface area contributed by atoms with E-state index >= 15 is 0 Å². The van der Waals surface area contributed by atoms with Crippen LogP contribution in [0.4, 0.5) is 0 Å². The first-order valence-electron chi connectivity index (χ1n) is 5.05. The van der Waals surface area contributed by atoms with Crippen molar-refractivity contribution in [3.63, 3.8) is 0 Å². The Morgan fingerprint density at radius 2 is 2.20 bits per heavy atom. The summed E-state index contributed by atoms with van der Waals surface area (Å²) in [4.78, 5) is 22.3. The summed E-state index contributed by atoms with van der Waals surface area (Å²) in [5.41, 5.74) is 0.0604. The van der Waals surface area contributed by atoms with Crippen LogP contribution in [0.15, 0.2) is 23.1 Å². The molecule has 1 aliphatic carbocycles. The van der Waals surface area contributed by atoms with Gasteiger partial charge in [0.25, 0.3) is 5.56 Å². The number of carboxylic acids is 1. The molecule has 15 heavy (non-hydrogen) atoms. The monoisotopic (exact) mass is 207 g/mol. The van der Waals surface area contributed by atoms with Gasteiger partial charge in [-0.1, -0.05) is 6.92 Å². The Morgan fingerprint density at radius 1 is 1.47 bits per heavy atom. The highest BCUT2D eigenvalue weighted by molar-refractivity contribution is 5.87. The summed E-state index contributed by atoms with van der Waals surface area (Å²) in [6.45, 7) is 2.08. The predicted octanol–water partition coefficient (Wildman–Crippen LogP) is 1.52. The van der Waals surface area contributed by atoms with Gasteiger partial charge in [0.2, 0.25) is 0 Å². The normalized spacial score (nSPS) is 24.6. The minimum absolute atomic E-state index is 0.114. The largest absolute Gasteiger partial charge is 0.478 e. The van der Waals surface area contributed by atoms with Gasteiger partial charge in [0, 0.05) is 18.3 Å². The van der Waals surface area contributed by atoms with Crippen molar-refractivity contribution in [2.45, 2.75) is 25.8 Å². The fourth-order valence-electron chi connectivity index (χ4n) is 1.95. The van der Waals surface area contributed by atoms with E-state index in [1.54, 1.807) is 4.57 Å². The molecule has 0 amide bonds. The molecular weight excluding hydrogens is 194 g/mol. The Bertz CT molecular complexity index is 449. The molecule has 0 bridgehead atoms. The third-order valence-electron chi connectivity index (χ3n) is 3.12. The highest BCUT2D eigenvalue weighted by Gasteiger charge is 2.29. The molecule has 4 heteroatoms. The Balaban J connectivity index is 2.41. The Labute approximate surface area is 87.2 Å². The zero-order valence-electron chi connectivity index (χ0n) is 8.51. The first-order chi connectivity index (χ1) is 7.09. The van der Waals surface area contributed by atoms with Gasteiger partial charge in [0.05, 0.1) is 5.56 Å². The molecule has 0 radical (unpaired) electrons. The fraction of sp³-hybridized carbons (Fsp3) is 0.455. The molecule has 0 saturated heterocycles. The number of hydrogen-bond donors (Lipinski definition) is 1. The molecule has 1 saturated carbocycles. The average molecular weight is 207 g/mol. The van der Waals surface area contributed by atoms with Crippen molar-refractivity contribution in [2.24, 2.45) is 5.92 Å². The number of carboxylic acid groups (broad SMARTS) is 1. The van der Waals surface area contributed by atoms with Gasteiger partial charge in [-0.2, -0.15) is 0 Å². The van der Waals surface area contributed by atoms with Crippen LogP contribution in [0.3, 0.4) is 0 Å². The number of hydrogen-bond acceptors (Lipinski definition) is 2. The van der Waals surface area contributed by atoms with Crippen molar-refractivity contribution in [1.29, 1.82) is 0 Å². The minimum Gasteiger partial charge on any atom is -0.478 e. The van der Waals surface area contributed by atoms with Crippen LogP contribution < -0.4 is 5.56 Å². The summed E-state index contributed by atoms with van der Waals surface area (Å²) >= 11 is 0. The molecule has 80 valence electrons. The predicted molar refractivity (Wildman–Crippen MR) is 55.1 cm³/mol. The summed E-state index contributed by atoms with van der Waals surface area (Å²) in [6.07, 6.45) is 3.52. The fourth-order valence-corrected chi connectivity index (χ4v) is 1.95. The standard InChI is InChI=1S/C11H13NO3/c1-7-2-4-9(7)12-6-8(11(14)15)3-5-10(12)13/h3,5-7,9H,2,4H2,1H3,(H,14,15). The van der Waals surface area contributed by atoms with Gasteiger partial charge < -0.3 is 9.67 Å². The highest BCUT2D eigenvalue weighted by atomic mass is 16.4. The zero-order valence-corrected chi connectivity index (χ0v) is 8.51. The van der Waals surface area contributed by atoms with Gasteiger partial charge in [-0.3, -0.25) is 4.79 Å². The SMILES string of the molecule is CC1CCC1n1cc(C(=O)O)ccc1=O. The van der Waals surface area contributed by atoms with E-state index in [-0.39, 0.29) is 17.2 Å². The molecule has 2 atom stereocenters. The second-order valence-electron chi connectivity index (χ2n) is 4.09. The topological polar surface area (TPSA) is 59.3 Å². The number of nitrogens with zero attached hydrogens (tertiary/aromatic N) is 1. The number of aromatic carboxylic acids is 1. The highest BCUT2D eigenvalue weighted by Crippen LogP contribution is 2.36.